The molecular weight excluding hydrogens is 309 g/mol. The van der Waals surface area contributed by atoms with E-state index in [0.29, 0.717) is 16.5 Å². The summed E-state index contributed by atoms with van der Waals surface area (Å²) in [6, 6.07) is 0. The van der Waals surface area contributed by atoms with E-state index < -0.39 is 0 Å². The minimum absolute atomic E-state index is 0.292. The van der Waals surface area contributed by atoms with Crippen LogP contribution in [-0.4, -0.2) is 9.97 Å². The summed E-state index contributed by atoms with van der Waals surface area (Å²) in [4.78, 5) is 7.51. The molecule has 0 aliphatic heterocycles. The molecule has 1 aromatic heterocycles. The fraction of sp³-hybridized carbons (Fsp3) is 0. The number of halogens is 2. The average Bonchev–Trinajstić information content (AvgIpc) is 2.04. The van der Waals surface area contributed by atoms with Gasteiger partial charge in [-0.3, -0.25) is 0 Å². The summed E-state index contributed by atoms with van der Waals surface area (Å²) in [5.41, 5.74) is 6.00. The van der Waals surface area contributed by atoms with E-state index in [1.165, 1.54) is 15.3 Å². The van der Waals surface area contributed by atoms with Crippen molar-refractivity contribution in [3.8, 4) is 11.2 Å². The number of rotatable bonds is 0. The molecule has 0 unspecified atom stereocenters. The third-order valence-electron chi connectivity index (χ3n) is 1.04. The molecule has 12 heavy (non-hydrogen) atoms. The van der Waals surface area contributed by atoms with E-state index in [1.807, 2.05) is 0 Å². The van der Waals surface area contributed by atoms with Crippen molar-refractivity contribution >= 4 is 47.6 Å². The van der Waals surface area contributed by atoms with Crippen molar-refractivity contribution in [3.63, 3.8) is 0 Å². The molecule has 1 heterocycles. The first-order chi connectivity index (χ1) is 5.75. The lowest BCUT2D eigenvalue weighted by molar-refractivity contribution is 1.17. The molecule has 0 amide bonds. The van der Waals surface area contributed by atoms with Crippen LogP contribution in [-0.2, 0) is 0 Å². The second-order valence-corrected chi connectivity index (χ2v) is 3.77. The maximum Gasteiger partial charge on any atom is 0.150 e. The zero-order valence-electron chi connectivity index (χ0n) is 5.71. The lowest BCUT2D eigenvalue weighted by Crippen LogP contribution is -1.96. The number of nitrogen functional groups attached to an aromatic ring is 1. The molecule has 6 heteroatoms. The van der Waals surface area contributed by atoms with Crippen LogP contribution in [0.5, 0.6) is 0 Å². The van der Waals surface area contributed by atoms with Gasteiger partial charge in [-0.25, -0.2) is 9.97 Å². The molecule has 0 fully saturated rings. The maximum absolute atomic E-state index is 5.72. The molecule has 0 aromatic carbocycles. The van der Waals surface area contributed by atoms with Crippen LogP contribution in [0.3, 0.4) is 0 Å². The van der Waals surface area contributed by atoms with Gasteiger partial charge in [0.15, 0.2) is 0 Å². The molecule has 2 N–H and O–H groups in total. The van der Waals surface area contributed by atoms with Crippen LogP contribution in [0, 0.1) is 11.2 Å². The van der Waals surface area contributed by atoms with Crippen molar-refractivity contribution in [1.82, 2.24) is 9.97 Å². The van der Waals surface area contributed by atoms with Crippen LogP contribution < -0.4 is 5.73 Å². The van der Waals surface area contributed by atoms with E-state index in [-0.39, 0.29) is 0 Å². The number of anilines is 1. The molecule has 3 nitrogen and oxygen atoms in total. The normalized spacial score (nSPS) is 8.83. The van der Waals surface area contributed by atoms with Gasteiger partial charge in [0, 0.05) is 21.2 Å². The Balaban J connectivity index is 3.13. The smallest absolute Gasteiger partial charge is 0.150 e. The van der Waals surface area contributed by atoms with Gasteiger partial charge in [-0.15, -0.1) is 0 Å². The Kier molecular flexibility index (Phi) is 3.91. The van der Waals surface area contributed by atoms with Gasteiger partial charge in [-0.1, -0.05) is 11.6 Å². The fourth-order valence-electron chi connectivity index (χ4n) is 0.562. The third kappa shape index (κ3) is 2.40. The number of nitrogens with zero attached hydrogens (tertiary/aromatic N) is 2. The van der Waals surface area contributed by atoms with Crippen LogP contribution in [0.4, 0.5) is 5.82 Å². The predicted molar refractivity (Wildman–Crippen MR) is 59.9 cm³/mol. The summed E-state index contributed by atoms with van der Waals surface area (Å²) in [5.74, 6) is 3.07. The lowest BCUT2D eigenvalue weighted by atomic mass is 10.3. The Bertz CT molecular complexity index is 326. The Labute approximate surface area is 91.1 Å². The highest BCUT2D eigenvalue weighted by atomic mass is 127. The van der Waals surface area contributed by atoms with Crippen LogP contribution >= 0.6 is 41.7 Å². The Morgan fingerprint density at radius 2 is 2.33 bits per heavy atom. The molecular formula is C6H3ClIN3S. The summed E-state index contributed by atoms with van der Waals surface area (Å²) >= 11 is 7.78. The summed E-state index contributed by atoms with van der Waals surface area (Å²) in [6.45, 7) is 0. The monoisotopic (exact) mass is 311 g/mol. The van der Waals surface area contributed by atoms with Gasteiger partial charge in [-0.2, -0.15) is 0 Å². The lowest BCUT2D eigenvalue weighted by Gasteiger charge is -1.96. The first kappa shape index (κ1) is 9.89. The topological polar surface area (TPSA) is 51.8 Å². The second kappa shape index (κ2) is 4.74. The molecule has 0 aliphatic rings. The van der Waals surface area contributed by atoms with Crippen molar-refractivity contribution in [2.75, 3.05) is 5.73 Å². The fourth-order valence-corrected chi connectivity index (χ4v) is 1.22. The van der Waals surface area contributed by atoms with Crippen molar-refractivity contribution in [3.05, 3.63) is 17.0 Å². The van der Waals surface area contributed by atoms with Crippen molar-refractivity contribution < 1.29 is 0 Å². The molecule has 0 spiro atoms. The van der Waals surface area contributed by atoms with Crippen molar-refractivity contribution in [2.24, 2.45) is 0 Å². The first-order valence-electron chi connectivity index (χ1n) is 2.80. The molecule has 62 valence electrons. The molecule has 0 aliphatic carbocycles. The van der Waals surface area contributed by atoms with E-state index in [2.05, 4.69) is 42.3 Å². The molecule has 0 radical (unpaired) electrons. The Hall–Kier alpha value is -0.190. The molecule has 1 rings (SSSR count). The van der Waals surface area contributed by atoms with Crippen LogP contribution in [0.2, 0.25) is 5.15 Å². The average molecular weight is 312 g/mol. The summed E-state index contributed by atoms with van der Waals surface area (Å²) in [6.07, 6.45) is 1.31. The highest BCUT2D eigenvalue weighted by Gasteiger charge is 2.02. The Morgan fingerprint density at radius 1 is 1.58 bits per heavy atom. The van der Waals surface area contributed by atoms with Crippen LogP contribution in [0.15, 0.2) is 6.33 Å². The number of nitrogens with two attached hydrogens (primary N) is 1. The van der Waals surface area contributed by atoms with E-state index in [9.17, 15) is 0 Å². The van der Waals surface area contributed by atoms with E-state index in [1.54, 1.807) is 0 Å². The number of hydrogen-bond donors (Lipinski definition) is 1. The quantitative estimate of drug-likeness (QED) is 0.453. The highest BCUT2D eigenvalue weighted by molar-refractivity contribution is 14.2. The van der Waals surface area contributed by atoms with E-state index in [0.717, 1.165) is 0 Å². The second-order valence-electron chi connectivity index (χ2n) is 1.73. The first-order valence-corrected chi connectivity index (χ1v) is 6.54. The van der Waals surface area contributed by atoms with Crippen LogP contribution in [0.1, 0.15) is 5.56 Å². The molecule has 0 bridgehead atoms. The van der Waals surface area contributed by atoms with Gasteiger partial charge in [0.2, 0.25) is 0 Å². The Morgan fingerprint density at radius 3 is 2.92 bits per heavy atom. The van der Waals surface area contributed by atoms with E-state index in [4.69, 9.17) is 17.3 Å². The van der Waals surface area contributed by atoms with Gasteiger partial charge < -0.3 is 5.73 Å². The largest absolute Gasteiger partial charge is 0.383 e. The SMILES string of the molecule is Nc1ncnc(Cl)c1C#CSI. The van der Waals surface area contributed by atoms with Crippen LogP contribution in [0.25, 0.3) is 0 Å². The summed E-state index contributed by atoms with van der Waals surface area (Å²) in [7, 11) is 1.35. The van der Waals surface area contributed by atoms with Crippen molar-refractivity contribution in [1.29, 1.82) is 0 Å². The molecule has 0 saturated carbocycles. The van der Waals surface area contributed by atoms with Gasteiger partial charge in [0.05, 0.1) is 0 Å². The van der Waals surface area contributed by atoms with E-state index >= 15 is 0 Å². The molecule has 1 aromatic rings. The van der Waals surface area contributed by atoms with Gasteiger partial charge >= 0.3 is 0 Å². The predicted octanol–water partition coefficient (Wildman–Crippen LogP) is 2.10. The summed E-state index contributed by atoms with van der Waals surface area (Å²) in [5, 5.41) is 3.05. The molecule has 0 saturated heterocycles. The number of hydrogen-bond acceptors (Lipinski definition) is 4. The standard InChI is InChI=1S/C6H3ClIN3S/c7-5-4(1-2-12-8)6(9)11-3-10-5/h3H,(H2,9,10,11). The maximum atomic E-state index is 5.72. The minimum Gasteiger partial charge on any atom is -0.383 e. The highest BCUT2D eigenvalue weighted by Crippen LogP contribution is 2.16. The molecule has 0 atom stereocenters. The third-order valence-corrected chi connectivity index (χ3v) is 2.17. The summed E-state index contributed by atoms with van der Waals surface area (Å²) < 4.78 is 0. The minimum atomic E-state index is 0.292. The zero-order valence-corrected chi connectivity index (χ0v) is 9.44. The van der Waals surface area contributed by atoms with Gasteiger partial charge in [0.25, 0.3) is 0 Å². The van der Waals surface area contributed by atoms with Gasteiger partial charge in [-0.05, 0) is 20.1 Å². The van der Waals surface area contributed by atoms with Crippen molar-refractivity contribution in [2.45, 2.75) is 0 Å². The van der Waals surface area contributed by atoms with Gasteiger partial charge in [0.1, 0.15) is 22.9 Å². The zero-order chi connectivity index (χ0) is 8.97. The number of aromatic nitrogens is 2.